The van der Waals surface area contributed by atoms with Gasteiger partial charge in [0.2, 0.25) is 11.9 Å². The van der Waals surface area contributed by atoms with Crippen LogP contribution >= 0.6 is 11.8 Å². The monoisotopic (exact) mass is 405 g/mol. The number of para-hydroxylation sites is 1. The fourth-order valence-electron chi connectivity index (χ4n) is 2.71. The fraction of sp³-hybridized carbons (Fsp3) is 0.158. The Hall–Kier alpha value is -3.53. The van der Waals surface area contributed by atoms with Crippen molar-refractivity contribution < 1.29 is 0 Å². The topological polar surface area (TPSA) is 120 Å². The number of benzene rings is 1. The third kappa shape index (κ3) is 4.32. The summed E-state index contributed by atoms with van der Waals surface area (Å²) in [5, 5.41) is 12.5. The highest BCUT2D eigenvalue weighted by Crippen LogP contribution is 2.25. The minimum absolute atomic E-state index is 0.169. The lowest BCUT2D eigenvalue weighted by Gasteiger charge is -2.09. The summed E-state index contributed by atoms with van der Waals surface area (Å²) >= 11 is 1.48. The van der Waals surface area contributed by atoms with Gasteiger partial charge < -0.3 is 15.6 Å². The molecule has 146 valence electrons. The van der Waals surface area contributed by atoms with Gasteiger partial charge in [-0.1, -0.05) is 30.0 Å². The van der Waals surface area contributed by atoms with Crippen molar-refractivity contribution in [1.82, 2.24) is 34.7 Å². The van der Waals surface area contributed by atoms with Crippen LogP contribution in [0.2, 0.25) is 0 Å². The molecule has 10 heteroatoms. The standard InChI is InChI=1S/C19H19N9S/c1-12-5-3-4-6-14(12)22-18-24-15(23-17(20)25-18)11-29-19-27-26-16(28(19)2)13-7-9-21-10-8-13/h3-10H,11H2,1-2H3,(H3,20,22,23,24,25). The predicted octanol–water partition coefficient (Wildman–Crippen LogP) is 2.99. The van der Waals surface area contributed by atoms with Crippen molar-refractivity contribution in [1.29, 1.82) is 0 Å². The van der Waals surface area contributed by atoms with Crippen molar-refractivity contribution in [2.45, 2.75) is 17.8 Å². The zero-order valence-electron chi connectivity index (χ0n) is 15.9. The van der Waals surface area contributed by atoms with Gasteiger partial charge in [-0.25, -0.2) is 0 Å². The number of nitrogens with one attached hydrogen (secondary N) is 1. The van der Waals surface area contributed by atoms with Crippen LogP contribution in [0.1, 0.15) is 11.4 Å². The van der Waals surface area contributed by atoms with Crippen LogP contribution in [0, 0.1) is 6.92 Å². The number of nitrogens with two attached hydrogens (primary N) is 1. The van der Waals surface area contributed by atoms with Crippen molar-refractivity contribution in [3.8, 4) is 11.4 Å². The molecule has 0 saturated heterocycles. The molecule has 0 aliphatic carbocycles. The molecule has 3 aromatic heterocycles. The fourth-order valence-corrected chi connectivity index (χ4v) is 3.48. The molecule has 0 fully saturated rings. The second kappa shape index (κ2) is 8.23. The molecule has 0 aliphatic rings. The molecule has 0 aliphatic heterocycles. The minimum Gasteiger partial charge on any atom is -0.368 e. The second-order valence-corrected chi connectivity index (χ2v) is 7.21. The summed E-state index contributed by atoms with van der Waals surface area (Å²) in [7, 11) is 1.92. The Morgan fingerprint density at radius 3 is 2.62 bits per heavy atom. The Kier molecular flexibility index (Phi) is 5.34. The lowest BCUT2D eigenvalue weighted by Crippen LogP contribution is -2.07. The Balaban J connectivity index is 1.50. The average Bonchev–Trinajstić information content (AvgIpc) is 3.09. The number of rotatable bonds is 6. The largest absolute Gasteiger partial charge is 0.368 e. The lowest BCUT2D eigenvalue weighted by atomic mass is 10.2. The zero-order chi connectivity index (χ0) is 20.2. The van der Waals surface area contributed by atoms with Crippen molar-refractivity contribution in [2.75, 3.05) is 11.1 Å². The van der Waals surface area contributed by atoms with Gasteiger partial charge in [0.25, 0.3) is 0 Å². The van der Waals surface area contributed by atoms with E-state index in [9.17, 15) is 0 Å². The number of hydrogen-bond donors (Lipinski definition) is 2. The maximum atomic E-state index is 5.88. The van der Waals surface area contributed by atoms with Gasteiger partial charge in [-0.3, -0.25) is 4.98 Å². The predicted molar refractivity (Wildman–Crippen MR) is 112 cm³/mol. The number of nitrogen functional groups attached to an aromatic ring is 1. The molecule has 4 aromatic rings. The van der Waals surface area contributed by atoms with Crippen molar-refractivity contribution in [3.05, 3.63) is 60.2 Å². The SMILES string of the molecule is Cc1ccccc1Nc1nc(N)nc(CSc2nnc(-c3ccncc3)n2C)n1. The van der Waals surface area contributed by atoms with Crippen LogP contribution in [0.15, 0.2) is 53.9 Å². The first-order valence-corrected chi connectivity index (χ1v) is 9.84. The summed E-state index contributed by atoms with van der Waals surface area (Å²) in [6.45, 7) is 2.01. The van der Waals surface area contributed by atoms with E-state index in [1.54, 1.807) is 12.4 Å². The van der Waals surface area contributed by atoms with E-state index in [4.69, 9.17) is 5.73 Å². The number of thioether (sulfide) groups is 1. The van der Waals surface area contributed by atoms with E-state index in [1.165, 1.54) is 11.8 Å². The maximum absolute atomic E-state index is 5.88. The summed E-state index contributed by atoms with van der Waals surface area (Å²) in [4.78, 5) is 16.9. The van der Waals surface area contributed by atoms with Crippen LogP contribution < -0.4 is 11.1 Å². The van der Waals surface area contributed by atoms with Crippen LogP contribution in [0.4, 0.5) is 17.6 Å². The highest BCUT2D eigenvalue weighted by Gasteiger charge is 2.13. The lowest BCUT2D eigenvalue weighted by molar-refractivity contribution is 0.792. The molecule has 0 bridgehead atoms. The Morgan fingerprint density at radius 1 is 1.03 bits per heavy atom. The summed E-state index contributed by atoms with van der Waals surface area (Å²) in [5.74, 6) is 2.40. The third-order valence-electron chi connectivity index (χ3n) is 4.19. The van der Waals surface area contributed by atoms with Crippen LogP contribution in [-0.4, -0.2) is 34.7 Å². The van der Waals surface area contributed by atoms with E-state index in [0.29, 0.717) is 17.5 Å². The quantitative estimate of drug-likeness (QED) is 0.466. The van der Waals surface area contributed by atoms with Crippen molar-refractivity contribution in [3.63, 3.8) is 0 Å². The molecular weight excluding hydrogens is 386 g/mol. The number of anilines is 3. The van der Waals surface area contributed by atoms with Gasteiger partial charge in [-0.15, -0.1) is 10.2 Å². The Bertz CT molecular complexity index is 1130. The molecule has 4 rings (SSSR count). The van der Waals surface area contributed by atoms with Gasteiger partial charge in [-0.05, 0) is 30.7 Å². The molecule has 1 aromatic carbocycles. The van der Waals surface area contributed by atoms with Gasteiger partial charge >= 0.3 is 0 Å². The molecule has 0 saturated carbocycles. The van der Waals surface area contributed by atoms with Crippen LogP contribution in [0.25, 0.3) is 11.4 Å². The smallest absolute Gasteiger partial charge is 0.232 e. The van der Waals surface area contributed by atoms with Crippen LogP contribution in [0.5, 0.6) is 0 Å². The summed E-state index contributed by atoms with van der Waals surface area (Å²) in [6, 6.07) is 11.7. The first kappa shape index (κ1) is 18.8. The molecule has 3 heterocycles. The molecule has 0 amide bonds. The first-order chi connectivity index (χ1) is 14.1. The summed E-state index contributed by atoms with van der Waals surface area (Å²) in [6.07, 6.45) is 3.46. The number of aryl methyl sites for hydroxylation is 1. The van der Waals surface area contributed by atoms with E-state index < -0.39 is 0 Å². The molecular formula is C19H19N9S. The number of aromatic nitrogens is 7. The van der Waals surface area contributed by atoms with E-state index in [2.05, 4.69) is 35.5 Å². The summed E-state index contributed by atoms with van der Waals surface area (Å²) < 4.78 is 1.93. The Labute approximate surface area is 171 Å². The van der Waals surface area contributed by atoms with E-state index in [1.807, 2.05) is 54.9 Å². The number of nitrogens with zero attached hydrogens (tertiary/aromatic N) is 7. The average molecular weight is 405 g/mol. The molecule has 3 N–H and O–H groups in total. The zero-order valence-corrected chi connectivity index (χ0v) is 16.8. The van der Waals surface area contributed by atoms with E-state index in [-0.39, 0.29) is 5.95 Å². The molecule has 9 nitrogen and oxygen atoms in total. The first-order valence-electron chi connectivity index (χ1n) is 8.86. The molecule has 0 radical (unpaired) electrons. The third-order valence-corrected chi connectivity index (χ3v) is 5.21. The second-order valence-electron chi connectivity index (χ2n) is 6.26. The van der Waals surface area contributed by atoms with Crippen LogP contribution in [-0.2, 0) is 12.8 Å². The molecule has 29 heavy (non-hydrogen) atoms. The van der Waals surface area contributed by atoms with Crippen LogP contribution in [0.3, 0.4) is 0 Å². The molecule has 0 spiro atoms. The maximum Gasteiger partial charge on any atom is 0.232 e. The van der Waals surface area contributed by atoms with Gasteiger partial charge in [0.05, 0.1) is 5.75 Å². The molecule has 0 atom stereocenters. The summed E-state index contributed by atoms with van der Waals surface area (Å²) in [5.41, 5.74) is 8.85. The normalized spacial score (nSPS) is 10.8. The van der Waals surface area contributed by atoms with Gasteiger partial charge in [-0.2, -0.15) is 15.0 Å². The minimum atomic E-state index is 0.169. The van der Waals surface area contributed by atoms with E-state index in [0.717, 1.165) is 27.8 Å². The number of hydrogen-bond acceptors (Lipinski definition) is 9. The van der Waals surface area contributed by atoms with Gasteiger partial charge in [0.15, 0.2) is 11.0 Å². The van der Waals surface area contributed by atoms with E-state index >= 15 is 0 Å². The highest BCUT2D eigenvalue weighted by atomic mass is 32.2. The van der Waals surface area contributed by atoms with Gasteiger partial charge in [0.1, 0.15) is 5.82 Å². The van der Waals surface area contributed by atoms with Crippen molar-refractivity contribution >= 4 is 29.3 Å². The number of pyridine rings is 1. The molecule has 0 unspecified atom stereocenters. The van der Waals surface area contributed by atoms with Crippen molar-refractivity contribution in [2.24, 2.45) is 7.05 Å². The Morgan fingerprint density at radius 2 is 1.83 bits per heavy atom. The van der Waals surface area contributed by atoms with Gasteiger partial charge in [0, 0.05) is 30.7 Å². The highest BCUT2D eigenvalue weighted by molar-refractivity contribution is 7.98.